The minimum Gasteiger partial charge on any atom is -0.504 e. The van der Waals surface area contributed by atoms with Gasteiger partial charge in [-0.15, -0.1) is 0 Å². The third-order valence-corrected chi connectivity index (χ3v) is 4.92. The Morgan fingerprint density at radius 3 is 2.29 bits per heavy atom. The number of aromatic hydroxyl groups is 1. The molecule has 104 valence electrons. The van der Waals surface area contributed by atoms with Crippen molar-refractivity contribution in [3.05, 3.63) is 60.3 Å². The fourth-order valence-electron chi connectivity index (χ4n) is 2.24. The summed E-state index contributed by atoms with van der Waals surface area (Å²) < 4.78 is 26.4. The largest absolute Gasteiger partial charge is 0.504 e. The third kappa shape index (κ3) is 1.87. The molecule has 0 spiro atoms. The SMILES string of the molecule is N#Cc1c(O)c2ccccc2n1S(=O)(=O)c1ccccc1. The maximum absolute atomic E-state index is 12.7. The Kier molecular flexibility index (Phi) is 2.92. The molecule has 0 radical (unpaired) electrons. The molecule has 0 bridgehead atoms. The number of aromatic nitrogens is 1. The van der Waals surface area contributed by atoms with Crippen LogP contribution in [0.2, 0.25) is 0 Å². The van der Waals surface area contributed by atoms with Gasteiger partial charge in [-0.3, -0.25) is 0 Å². The van der Waals surface area contributed by atoms with E-state index in [1.807, 2.05) is 0 Å². The molecule has 0 fully saturated rings. The predicted molar refractivity (Wildman–Crippen MR) is 77.3 cm³/mol. The number of para-hydroxylation sites is 1. The van der Waals surface area contributed by atoms with E-state index in [2.05, 4.69) is 0 Å². The zero-order chi connectivity index (χ0) is 15.0. The fourth-order valence-corrected chi connectivity index (χ4v) is 3.74. The second kappa shape index (κ2) is 4.65. The normalized spacial score (nSPS) is 11.4. The standard InChI is InChI=1S/C15H10N2O3S/c16-10-14-15(18)12-8-4-5-9-13(12)17(14)21(19,20)11-6-2-1-3-7-11/h1-9,18H. The van der Waals surface area contributed by atoms with Crippen LogP contribution in [-0.2, 0) is 10.0 Å². The van der Waals surface area contributed by atoms with Crippen LogP contribution < -0.4 is 0 Å². The summed E-state index contributed by atoms with van der Waals surface area (Å²) in [4.78, 5) is 0.0576. The lowest BCUT2D eigenvalue weighted by Gasteiger charge is -2.08. The Hall–Kier alpha value is -2.78. The number of hydrogen-bond acceptors (Lipinski definition) is 4. The maximum atomic E-state index is 12.7. The topological polar surface area (TPSA) is 83.1 Å². The molecule has 1 aromatic heterocycles. The molecule has 3 rings (SSSR count). The summed E-state index contributed by atoms with van der Waals surface area (Å²) in [6, 6.07) is 16.0. The number of nitrogens with zero attached hydrogens (tertiary/aromatic N) is 2. The van der Waals surface area contributed by atoms with Gasteiger partial charge in [-0.25, -0.2) is 12.4 Å². The summed E-state index contributed by atoms with van der Waals surface area (Å²) in [5, 5.41) is 19.6. The van der Waals surface area contributed by atoms with Crippen molar-refractivity contribution in [3.8, 4) is 11.8 Å². The van der Waals surface area contributed by atoms with E-state index in [4.69, 9.17) is 0 Å². The van der Waals surface area contributed by atoms with Gasteiger partial charge in [0.1, 0.15) is 6.07 Å². The van der Waals surface area contributed by atoms with Crippen LogP contribution in [0.25, 0.3) is 10.9 Å². The first-order valence-corrected chi connectivity index (χ1v) is 7.54. The van der Waals surface area contributed by atoms with Crippen molar-refractivity contribution in [1.82, 2.24) is 3.97 Å². The third-order valence-electron chi connectivity index (χ3n) is 3.19. The second-order valence-electron chi connectivity index (χ2n) is 4.41. The van der Waals surface area contributed by atoms with E-state index >= 15 is 0 Å². The van der Waals surface area contributed by atoms with E-state index in [0.29, 0.717) is 5.39 Å². The molecule has 0 aliphatic rings. The van der Waals surface area contributed by atoms with E-state index in [1.54, 1.807) is 48.5 Å². The van der Waals surface area contributed by atoms with Gasteiger partial charge < -0.3 is 5.11 Å². The van der Waals surface area contributed by atoms with E-state index in [9.17, 15) is 18.8 Å². The van der Waals surface area contributed by atoms with Crippen LogP contribution in [0.3, 0.4) is 0 Å². The number of fused-ring (bicyclic) bond motifs is 1. The molecular formula is C15H10N2O3S. The lowest BCUT2D eigenvalue weighted by Crippen LogP contribution is -2.14. The maximum Gasteiger partial charge on any atom is 0.269 e. The Morgan fingerprint density at radius 2 is 1.62 bits per heavy atom. The number of nitriles is 1. The van der Waals surface area contributed by atoms with E-state index < -0.39 is 10.0 Å². The molecule has 21 heavy (non-hydrogen) atoms. The lowest BCUT2D eigenvalue weighted by molar-refractivity contribution is 0.478. The van der Waals surface area contributed by atoms with Crippen LogP contribution >= 0.6 is 0 Å². The van der Waals surface area contributed by atoms with Gasteiger partial charge >= 0.3 is 0 Å². The molecule has 1 N–H and O–H groups in total. The summed E-state index contributed by atoms with van der Waals surface area (Å²) in [6.07, 6.45) is 0. The van der Waals surface area contributed by atoms with E-state index in [0.717, 1.165) is 3.97 Å². The Labute approximate surface area is 121 Å². The summed E-state index contributed by atoms with van der Waals surface area (Å²) in [5.74, 6) is -0.326. The molecule has 1 heterocycles. The molecule has 0 aliphatic carbocycles. The fraction of sp³-hybridized carbons (Fsp3) is 0. The number of hydrogen-bond donors (Lipinski definition) is 1. The van der Waals surface area contributed by atoms with Crippen molar-refractivity contribution < 1.29 is 13.5 Å². The minimum absolute atomic E-state index is 0.0576. The van der Waals surface area contributed by atoms with Gasteiger partial charge in [0, 0.05) is 5.39 Å². The first-order valence-electron chi connectivity index (χ1n) is 6.10. The molecule has 0 saturated heterocycles. The highest BCUT2D eigenvalue weighted by Crippen LogP contribution is 2.34. The van der Waals surface area contributed by atoms with Crippen molar-refractivity contribution in [3.63, 3.8) is 0 Å². The van der Waals surface area contributed by atoms with Crippen LogP contribution in [0.1, 0.15) is 5.69 Å². The molecule has 2 aromatic carbocycles. The average Bonchev–Trinajstić information content (AvgIpc) is 2.81. The second-order valence-corrected chi connectivity index (χ2v) is 6.20. The summed E-state index contributed by atoms with van der Waals surface area (Å²) in [7, 11) is -3.95. The highest BCUT2D eigenvalue weighted by atomic mass is 32.2. The van der Waals surface area contributed by atoms with Crippen LogP contribution in [0, 0.1) is 11.3 Å². The van der Waals surface area contributed by atoms with Gasteiger partial charge in [-0.2, -0.15) is 5.26 Å². The predicted octanol–water partition coefficient (Wildman–Crippen LogP) is 2.46. The van der Waals surface area contributed by atoms with E-state index in [-0.39, 0.29) is 21.9 Å². The molecular weight excluding hydrogens is 288 g/mol. The Morgan fingerprint density at radius 1 is 1.00 bits per heavy atom. The van der Waals surface area contributed by atoms with Crippen molar-refractivity contribution in [2.75, 3.05) is 0 Å². The molecule has 0 aliphatic heterocycles. The molecule has 0 atom stereocenters. The highest BCUT2D eigenvalue weighted by Gasteiger charge is 2.26. The van der Waals surface area contributed by atoms with Crippen molar-refractivity contribution in [1.29, 1.82) is 5.26 Å². The van der Waals surface area contributed by atoms with Gasteiger partial charge in [0.25, 0.3) is 10.0 Å². The summed E-state index contributed by atoms with van der Waals surface area (Å²) in [5.41, 5.74) is -0.0181. The molecule has 3 aromatic rings. The van der Waals surface area contributed by atoms with Crippen LogP contribution in [0.5, 0.6) is 5.75 Å². The first kappa shape index (κ1) is 13.2. The van der Waals surface area contributed by atoms with Gasteiger partial charge in [-0.05, 0) is 24.3 Å². The molecule has 0 unspecified atom stereocenters. The Bertz CT molecular complexity index is 967. The van der Waals surface area contributed by atoms with Crippen LogP contribution in [0.15, 0.2) is 59.5 Å². The van der Waals surface area contributed by atoms with Gasteiger partial charge in [0.05, 0.1) is 10.4 Å². The van der Waals surface area contributed by atoms with Gasteiger partial charge in [-0.1, -0.05) is 30.3 Å². The van der Waals surface area contributed by atoms with E-state index in [1.165, 1.54) is 12.1 Å². The van der Waals surface area contributed by atoms with Crippen molar-refractivity contribution >= 4 is 20.9 Å². The minimum atomic E-state index is -3.95. The molecule has 0 saturated carbocycles. The molecule has 6 heteroatoms. The summed E-state index contributed by atoms with van der Waals surface area (Å²) in [6.45, 7) is 0. The van der Waals surface area contributed by atoms with Crippen LogP contribution in [-0.4, -0.2) is 17.5 Å². The number of rotatable bonds is 2. The quantitative estimate of drug-likeness (QED) is 0.787. The smallest absolute Gasteiger partial charge is 0.269 e. The molecule has 5 nitrogen and oxygen atoms in total. The highest BCUT2D eigenvalue weighted by molar-refractivity contribution is 7.90. The van der Waals surface area contributed by atoms with Gasteiger partial charge in [0.2, 0.25) is 0 Å². The average molecular weight is 298 g/mol. The zero-order valence-corrected chi connectivity index (χ0v) is 11.6. The van der Waals surface area contributed by atoms with Crippen molar-refractivity contribution in [2.24, 2.45) is 0 Å². The zero-order valence-electron chi connectivity index (χ0n) is 10.8. The van der Waals surface area contributed by atoms with Crippen LogP contribution in [0.4, 0.5) is 0 Å². The summed E-state index contributed by atoms with van der Waals surface area (Å²) >= 11 is 0. The van der Waals surface area contributed by atoms with Crippen molar-refractivity contribution in [2.45, 2.75) is 4.90 Å². The Balaban J connectivity index is 2.44. The first-order chi connectivity index (χ1) is 10.1. The molecule has 0 amide bonds. The number of benzene rings is 2. The monoisotopic (exact) mass is 298 g/mol. The van der Waals surface area contributed by atoms with Gasteiger partial charge in [0.15, 0.2) is 11.4 Å². The lowest BCUT2D eigenvalue weighted by atomic mass is 10.2.